The van der Waals surface area contributed by atoms with Gasteiger partial charge >= 0.3 is 0 Å². The molecule has 21 heavy (non-hydrogen) atoms. The summed E-state index contributed by atoms with van der Waals surface area (Å²) < 4.78 is 0. The van der Waals surface area contributed by atoms with Gasteiger partial charge in [-0.3, -0.25) is 0 Å². The van der Waals surface area contributed by atoms with Crippen LogP contribution in [0.5, 0.6) is 0 Å². The number of hydrogen-bond acceptors (Lipinski definition) is 0. The van der Waals surface area contributed by atoms with Crippen LogP contribution in [0, 0.1) is 0 Å². The minimum atomic E-state index is 1.07. The molecule has 0 spiro atoms. The van der Waals surface area contributed by atoms with Crippen LogP contribution in [0.2, 0.25) is 0 Å². The topological polar surface area (TPSA) is 0 Å². The van der Waals surface area contributed by atoms with Gasteiger partial charge in [0.1, 0.15) is 0 Å². The van der Waals surface area contributed by atoms with Crippen molar-refractivity contribution in [2.24, 2.45) is 0 Å². The largest absolute Gasteiger partial charge is 0.0795 e. The second-order valence-corrected chi connectivity index (χ2v) is 5.90. The molecule has 0 nitrogen and oxygen atoms in total. The van der Waals surface area contributed by atoms with Crippen LogP contribution in [-0.2, 0) is 6.42 Å². The summed E-state index contributed by atoms with van der Waals surface area (Å²) in [5.41, 5.74) is 2.82. The molecule has 0 bridgehead atoms. The van der Waals surface area contributed by atoms with Gasteiger partial charge in [-0.05, 0) is 80.2 Å². The number of benzene rings is 4. The van der Waals surface area contributed by atoms with Gasteiger partial charge in [-0.15, -0.1) is 0 Å². The zero-order valence-electron chi connectivity index (χ0n) is 11.6. The Morgan fingerprint density at radius 2 is 1.14 bits per heavy atom. The van der Waals surface area contributed by atoms with E-state index in [4.69, 9.17) is 0 Å². The summed E-state index contributed by atoms with van der Waals surface area (Å²) in [7, 11) is 0. The summed E-state index contributed by atoms with van der Waals surface area (Å²) in [4.78, 5) is 0. The van der Waals surface area contributed by atoms with E-state index in [9.17, 15) is 0 Å². The van der Waals surface area contributed by atoms with Gasteiger partial charge in [0.15, 0.2) is 0 Å². The fraction of sp³-hybridized carbons (Fsp3) is 0.0476. The number of rotatable bonds is 0. The van der Waals surface area contributed by atoms with E-state index < -0.39 is 0 Å². The highest BCUT2D eigenvalue weighted by molar-refractivity contribution is 6.05. The molecule has 0 fully saturated rings. The van der Waals surface area contributed by atoms with Crippen LogP contribution >= 0.6 is 0 Å². The van der Waals surface area contributed by atoms with E-state index >= 15 is 0 Å². The molecule has 0 saturated carbocycles. The van der Waals surface area contributed by atoms with Crippen molar-refractivity contribution in [3.63, 3.8) is 0 Å². The SMILES string of the molecule is C1=Cc2cc3cc4cc5ccccc5cc4cc3cc2C1. The van der Waals surface area contributed by atoms with Gasteiger partial charge in [0.25, 0.3) is 0 Å². The Morgan fingerprint density at radius 3 is 1.86 bits per heavy atom. The molecule has 0 heteroatoms. The molecule has 1 aliphatic rings. The summed E-state index contributed by atoms with van der Waals surface area (Å²) in [6.07, 6.45) is 5.55. The zero-order valence-corrected chi connectivity index (χ0v) is 11.6. The third-order valence-electron chi connectivity index (χ3n) is 4.55. The monoisotopic (exact) mass is 266 g/mol. The van der Waals surface area contributed by atoms with E-state index in [-0.39, 0.29) is 0 Å². The fourth-order valence-corrected chi connectivity index (χ4v) is 3.45. The molecular formula is C21H14. The summed E-state index contributed by atoms with van der Waals surface area (Å²) in [5, 5.41) is 7.95. The molecule has 5 rings (SSSR count). The molecule has 0 N–H and O–H groups in total. The Kier molecular flexibility index (Phi) is 2.09. The van der Waals surface area contributed by atoms with E-state index in [0.717, 1.165) is 6.42 Å². The van der Waals surface area contributed by atoms with Gasteiger partial charge in [-0.25, -0.2) is 0 Å². The van der Waals surface area contributed by atoms with Crippen LogP contribution < -0.4 is 0 Å². The number of fused-ring (bicyclic) bond motifs is 4. The summed E-state index contributed by atoms with van der Waals surface area (Å²) in [6, 6.07) is 22.5. The molecule has 0 heterocycles. The third-order valence-corrected chi connectivity index (χ3v) is 4.55. The average Bonchev–Trinajstić information content (AvgIpc) is 2.95. The highest BCUT2D eigenvalue weighted by Crippen LogP contribution is 2.31. The number of hydrogen-bond donors (Lipinski definition) is 0. The lowest BCUT2D eigenvalue weighted by atomic mass is 9.97. The standard InChI is InChI=1S/C21H14/c1-2-5-15-9-19-13-21-11-17-7-3-6-16(17)10-20(21)12-18(19)8-14(15)4-1/h1-6,8-13H,7H2. The van der Waals surface area contributed by atoms with Gasteiger partial charge in [0, 0.05) is 0 Å². The van der Waals surface area contributed by atoms with Crippen LogP contribution in [0.3, 0.4) is 0 Å². The van der Waals surface area contributed by atoms with Crippen LogP contribution in [-0.4, -0.2) is 0 Å². The zero-order chi connectivity index (χ0) is 13.8. The van der Waals surface area contributed by atoms with Crippen molar-refractivity contribution in [2.45, 2.75) is 6.42 Å². The van der Waals surface area contributed by atoms with Crippen molar-refractivity contribution in [1.82, 2.24) is 0 Å². The van der Waals surface area contributed by atoms with Gasteiger partial charge < -0.3 is 0 Å². The lowest BCUT2D eigenvalue weighted by molar-refractivity contribution is 1.32. The maximum Gasteiger partial charge on any atom is -0.00880 e. The Morgan fingerprint density at radius 1 is 0.571 bits per heavy atom. The predicted molar refractivity (Wildman–Crippen MR) is 91.7 cm³/mol. The molecule has 4 aromatic carbocycles. The Bertz CT molecular complexity index is 1050. The average molecular weight is 266 g/mol. The smallest absolute Gasteiger partial charge is 0.00880 e. The Hall–Kier alpha value is -2.60. The minimum absolute atomic E-state index is 1.07. The van der Waals surface area contributed by atoms with E-state index in [0.29, 0.717) is 0 Å². The molecule has 0 amide bonds. The summed E-state index contributed by atoms with van der Waals surface area (Å²) in [6.45, 7) is 0. The van der Waals surface area contributed by atoms with Crippen molar-refractivity contribution < 1.29 is 0 Å². The molecule has 0 unspecified atom stereocenters. The second kappa shape index (κ2) is 3.95. The van der Waals surface area contributed by atoms with Crippen molar-refractivity contribution in [3.8, 4) is 0 Å². The Labute approximate surface area is 123 Å². The van der Waals surface area contributed by atoms with E-state index in [1.165, 1.54) is 43.4 Å². The van der Waals surface area contributed by atoms with Gasteiger partial charge in [-0.2, -0.15) is 0 Å². The van der Waals surface area contributed by atoms with Crippen molar-refractivity contribution in [1.29, 1.82) is 0 Å². The van der Waals surface area contributed by atoms with Gasteiger partial charge in [0.05, 0.1) is 0 Å². The van der Waals surface area contributed by atoms with Crippen LogP contribution in [0.1, 0.15) is 11.1 Å². The fourth-order valence-electron chi connectivity index (χ4n) is 3.45. The minimum Gasteiger partial charge on any atom is -0.0795 e. The molecule has 98 valence electrons. The molecule has 0 saturated heterocycles. The first-order chi connectivity index (χ1) is 10.4. The van der Waals surface area contributed by atoms with E-state index in [2.05, 4.69) is 72.8 Å². The highest BCUT2D eigenvalue weighted by atomic mass is 14.1. The van der Waals surface area contributed by atoms with Crippen LogP contribution in [0.4, 0.5) is 0 Å². The first-order valence-electron chi connectivity index (χ1n) is 7.43. The number of allylic oxidation sites excluding steroid dienone is 1. The summed E-state index contributed by atoms with van der Waals surface area (Å²) >= 11 is 0. The highest BCUT2D eigenvalue weighted by Gasteiger charge is 2.08. The maximum atomic E-state index is 2.35. The first kappa shape index (κ1) is 11.1. The van der Waals surface area contributed by atoms with Gasteiger partial charge in [-0.1, -0.05) is 42.5 Å². The van der Waals surface area contributed by atoms with Crippen LogP contribution in [0.15, 0.2) is 66.7 Å². The summed E-state index contributed by atoms with van der Waals surface area (Å²) in [5.74, 6) is 0. The quantitative estimate of drug-likeness (QED) is 0.357. The lowest BCUT2D eigenvalue weighted by Gasteiger charge is -2.07. The van der Waals surface area contributed by atoms with Gasteiger partial charge in [0.2, 0.25) is 0 Å². The van der Waals surface area contributed by atoms with Crippen molar-refractivity contribution >= 4 is 38.4 Å². The first-order valence-corrected chi connectivity index (χ1v) is 7.43. The molecule has 0 aromatic heterocycles. The van der Waals surface area contributed by atoms with Crippen LogP contribution in [0.25, 0.3) is 38.4 Å². The predicted octanol–water partition coefficient (Wildman–Crippen LogP) is 5.72. The van der Waals surface area contributed by atoms with E-state index in [1.807, 2.05) is 0 Å². The molecular weight excluding hydrogens is 252 g/mol. The third kappa shape index (κ3) is 1.62. The molecule has 1 aliphatic carbocycles. The molecule has 0 radical (unpaired) electrons. The molecule has 4 aromatic rings. The van der Waals surface area contributed by atoms with Crippen molar-refractivity contribution in [3.05, 3.63) is 77.9 Å². The molecule has 0 aliphatic heterocycles. The molecule has 0 atom stereocenters. The van der Waals surface area contributed by atoms with Crippen molar-refractivity contribution in [2.75, 3.05) is 0 Å². The second-order valence-electron chi connectivity index (χ2n) is 5.90. The maximum absolute atomic E-state index is 2.35. The Balaban J connectivity index is 1.90. The lowest BCUT2D eigenvalue weighted by Crippen LogP contribution is -1.84. The normalized spacial score (nSPS) is 13.3. The van der Waals surface area contributed by atoms with E-state index in [1.54, 1.807) is 0 Å².